The van der Waals surface area contributed by atoms with Crippen LogP contribution in [-0.2, 0) is 16.9 Å². The third kappa shape index (κ3) is 4.43. The van der Waals surface area contributed by atoms with Crippen LogP contribution in [0.5, 0.6) is 0 Å². The van der Waals surface area contributed by atoms with Gasteiger partial charge in [-0.15, -0.1) is 11.3 Å². The Labute approximate surface area is 115 Å². The SMILES string of the molecule is CCC(CC)(OC)c1nc(CNCC(F)(F)F)cs1. The van der Waals surface area contributed by atoms with Crippen LogP contribution < -0.4 is 5.32 Å². The van der Waals surface area contributed by atoms with Crippen LogP contribution in [0.2, 0.25) is 0 Å². The standard InChI is InChI=1S/C12H19F3N2OS/c1-4-11(5-2,18-3)10-17-9(7-19-10)6-16-8-12(13,14)15/h7,16H,4-6,8H2,1-3H3. The molecule has 0 saturated carbocycles. The molecule has 0 saturated heterocycles. The predicted octanol–water partition coefficient (Wildman–Crippen LogP) is 3.46. The lowest BCUT2D eigenvalue weighted by Crippen LogP contribution is -2.29. The predicted molar refractivity (Wildman–Crippen MR) is 69.1 cm³/mol. The van der Waals surface area contributed by atoms with E-state index >= 15 is 0 Å². The van der Waals surface area contributed by atoms with Crippen molar-refractivity contribution in [2.75, 3.05) is 13.7 Å². The molecule has 7 heteroatoms. The lowest BCUT2D eigenvalue weighted by Gasteiger charge is -2.27. The van der Waals surface area contributed by atoms with E-state index in [-0.39, 0.29) is 6.54 Å². The molecule has 0 aromatic carbocycles. The van der Waals surface area contributed by atoms with Crippen molar-refractivity contribution in [3.8, 4) is 0 Å². The van der Waals surface area contributed by atoms with Crippen LogP contribution in [0, 0.1) is 0 Å². The highest BCUT2D eigenvalue weighted by molar-refractivity contribution is 7.09. The van der Waals surface area contributed by atoms with E-state index in [1.165, 1.54) is 11.3 Å². The maximum absolute atomic E-state index is 12.0. The summed E-state index contributed by atoms with van der Waals surface area (Å²) in [6, 6.07) is 0. The molecule has 0 spiro atoms. The zero-order valence-corrected chi connectivity index (χ0v) is 12.1. The first kappa shape index (κ1) is 16.4. The average Bonchev–Trinajstić information content (AvgIpc) is 2.80. The smallest absolute Gasteiger partial charge is 0.371 e. The lowest BCUT2D eigenvalue weighted by molar-refractivity contribution is -0.125. The Morgan fingerprint density at radius 2 is 1.95 bits per heavy atom. The second kappa shape index (κ2) is 6.67. The van der Waals surface area contributed by atoms with Gasteiger partial charge in [0.25, 0.3) is 0 Å². The molecule has 0 fully saturated rings. The van der Waals surface area contributed by atoms with E-state index in [1.807, 2.05) is 13.8 Å². The maximum Gasteiger partial charge on any atom is 0.401 e. The molecule has 0 atom stereocenters. The molecule has 110 valence electrons. The molecule has 1 heterocycles. The normalized spacial score (nSPS) is 12.9. The molecule has 1 aromatic rings. The second-order valence-electron chi connectivity index (χ2n) is 4.27. The van der Waals surface area contributed by atoms with Crippen LogP contribution in [-0.4, -0.2) is 24.8 Å². The lowest BCUT2D eigenvalue weighted by atomic mass is 9.98. The second-order valence-corrected chi connectivity index (χ2v) is 5.13. The summed E-state index contributed by atoms with van der Waals surface area (Å²) in [6.07, 6.45) is -2.63. The summed E-state index contributed by atoms with van der Waals surface area (Å²) in [4.78, 5) is 4.38. The van der Waals surface area contributed by atoms with Gasteiger partial charge in [0, 0.05) is 19.0 Å². The molecule has 0 aliphatic heterocycles. The number of hydrogen-bond donors (Lipinski definition) is 1. The highest BCUT2D eigenvalue weighted by atomic mass is 32.1. The maximum atomic E-state index is 12.0. The van der Waals surface area contributed by atoms with Crippen LogP contribution in [0.3, 0.4) is 0 Å². The van der Waals surface area contributed by atoms with E-state index in [0.717, 1.165) is 17.8 Å². The molecule has 0 aliphatic rings. The minimum absolute atomic E-state index is 0.114. The summed E-state index contributed by atoms with van der Waals surface area (Å²) >= 11 is 1.43. The van der Waals surface area contributed by atoms with Crippen LogP contribution in [0.1, 0.15) is 37.4 Å². The summed E-state index contributed by atoms with van der Waals surface area (Å²) in [5.74, 6) is 0. The van der Waals surface area contributed by atoms with E-state index in [9.17, 15) is 13.2 Å². The summed E-state index contributed by atoms with van der Waals surface area (Å²) in [5.41, 5.74) is 0.194. The monoisotopic (exact) mass is 296 g/mol. The Morgan fingerprint density at radius 1 is 1.32 bits per heavy atom. The summed E-state index contributed by atoms with van der Waals surface area (Å²) in [6.45, 7) is 3.13. The number of nitrogens with one attached hydrogen (secondary N) is 1. The minimum atomic E-state index is -4.19. The number of thiazole rings is 1. The number of halogens is 3. The molecule has 3 nitrogen and oxygen atoms in total. The van der Waals surface area contributed by atoms with Gasteiger partial charge in [0.2, 0.25) is 0 Å². The third-order valence-electron chi connectivity index (χ3n) is 3.11. The zero-order chi connectivity index (χ0) is 14.5. The average molecular weight is 296 g/mol. The highest BCUT2D eigenvalue weighted by Gasteiger charge is 2.31. The molecule has 0 unspecified atom stereocenters. The van der Waals surface area contributed by atoms with Gasteiger partial charge in [-0.3, -0.25) is 0 Å². The summed E-state index contributed by atoms with van der Waals surface area (Å²) in [5, 5.41) is 4.94. The first-order valence-corrected chi connectivity index (χ1v) is 7.02. The number of rotatable bonds is 7. The number of hydrogen-bond acceptors (Lipinski definition) is 4. The molecule has 1 aromatic heterocycles. The van der Waals surface area contributed by atoms with Crippen LogP contribution in [0.15, 0.2) is 5.38 Å². The number of methoxy groups -OCH3 is 1. The van der Waals surface area contributed by atoms with Crippen molar-refractivity contribution in [1.82, 2.24) is 10.3 Å². The Kier molecular flexibility index (Phi) is 5.76. The fourth-order valence-corrected chi connectivity index (χ4v) is 3.00. The topological polar surface area (TPSA) is 34.1 Å². The number of alkyl halides is 3. The van der Waals surface area contributed by atoms with Gasteiger partial charge in [0.15, 0.2) is 0 Å². The van der Waals surface area contributed by atoms with Gasteiger partial charge >= 0.3 is 6.18 Å². The van der Waals surface area contributed by atoms with Crippen molar-refractivity contribution in [1.29, 1.82) is 0 Å². The van der Waals surface area contributed by atoms with Crippen LogP contribution in [0.25, 0.3) is 0 Å². The summed E-state index contributed by atoms with van der Waals surface area (Å²) < 4.78 is 41.6. The molecule has 0 aliphatic carbocycles. The van der Waals surface area contributed by atoms with Crippen molar-refractivity contribution in [3.63, 3.8) is 0 Å². The van der Waals surface area contributed by atoms with E-state index in [1.54, 1.807) is 12.5 Å². The van der Waals surface area contributed by atoms with E-state index in [0.29, 0.717) is 5.69 Å². The Bertz CT molecular complexity index is 380. The van der Waals surface area contributed by atoms with Gasteiger partial charge < -0.3 is 10.1 Å². The van der Waals surface area contributed by atoms with E-state index in [2.05, 4.69) is 10.3 Å². The van der Waals surface area contributed by atoms with Crippen molar-refractivity contribution in [2.45, 2.75) is 45.0 Å². The van der Waals surface area contributed by atoms with Crippen molar-refractivity contribution in [2.24, 2.45) is 0 Å². The summed E-state index contributed by atoms with van der Waals surface area (Å²) in [7, 11) is 1.63. The Morgan fingerprint density at radius 3 is 2.42 bits per heavy atom. The largest absolute Gasteiger partial charge is 0.401 e. The third-order valence-corrected chi connectivity index (χ3v) is 4.18. The first-order valence-electron chi connectivity index (χ1n) is 6.14. The quantitative estimate of drug-likeness (QED) is 0.836. The first-order chi connectivity index (χ1) is 8.87. The number of aromatic nitrogens is 1. The zero-order valence-electron chi connectivity index (χ0n) is 11.3. The van der Waals surface area contributed by atoms with Crippen LogP contribution in [0.4, 0.5) is 13.2 Å². The molecule has 0 amide bonds. The molecular formula is C12H19F3N2OS. The molecule has 0 bridgehead atoms. The molecule has 1 rings (SSSR count). The van der Waals surface area contributed by atoms with E-state index < -0.39 is 18.3 Å². The molecular weight excluding hydrogens is 277 g/mol. The van der Waals surface area contributed by atoms with Gasteiger partial charge in [-0.1, -0.05) is 13.8 Å². The molecule has 0 radical (unpaired) electrons. The van der Waals surface area contributed by atoms with Gasteiger partial charge in [0.1, 0.15) is 10.6 Å². The fraction of sp³-hybridized carbons (Fsp3) is 0.750. The molecule has 1 N–H and O–H groups in total. The van der Waals surface area contributed by atoms with Crippen molar-refractivity contribution >= 4 is 11.3 Å². The van der Waals surface area contributed by atoms with Crippen molar-refractivity contribution < 1.29 is 17.9 Å². The van der Waals surface area contributed by atoms with Crippen molar-refractivity contribution in [3.05, 3.63) is 16.1 Å². The fourth-order valence-electron chi connectivity index (χ4n) is 1.86. The van der Waals surface area contributed by atoms with Crippen LogP contribution >= 0.6 is 11.3 Å². The molecule has 19 heavy (non-hydrogen) atoms. The highest BCUT2D eigenvalue weighted by Crippen LogP contribution is 2.34. The van der Waals surface area contributed by atoms with Gasteiger partial charge in [-0.05, 0) is 12.8 Å². The number of nitrogens with zero attached hydrogens (tertiary/aromatic N) is 1. The van der Waals surface area contributed by atoms with Gasteiger partial charge in [-0.2, -0.15) is 13.2 Å². The van der Waals surface area contributed by atoms with Gasteiger partial charge in [-0.25, -0.2) is 4.98 Å². The number of ether oxygens (including phenoxy) is 1. The Balaban J connectivity index is 2.66. The van der Waals surface area contributed by atoms with E-state index in [4.69, 9.17) is 4.74 Å². The Hall–Kier alpha value is -0.660. The minimum Gasteiger partial charge on any atom is -0.371 e. The van der Waals surface area contributed by atoms with Gasteiger partial charge in [0.05, 0.1) is 12.2 Å².